The molecule has 8 nitrogen and oxygen atoms in total. The number of aliphatic carboxylic acids is 2. The molecule has 0 amide bonds. The van der Waals surface area contributed by atoms with Gasteiger partial charge < -0.3 is 29.5 Å². The van der Waals surface area contributed by atoms with Crippen LogP contribution in [0.25, 0.3) is 0 Å². The predicted molar refractivity (Wildman–Crippen MR) is 377 cm³/mol. The molecule has 0 aliphatic heterocycles. The molecule has 0 aliphatic rings. The molecule has 0 saturated heterocycles. The van der Waals surface area contributed by atoms with Crippen molar-refractivity contribution in [2.24, 2.45) is 0 Å². The summed E-state index contributed by atoms with van der Waals surface area (Å²) in [6.45, 7) is 4.08. The van der Waals surface area contributed by atoms with Gasteiger partial charge in [-0.05, 0) is 78.8 Å². The van der Waals surface area contributed by atoms with E-state index in [1.54, 1.807) is 84.9 Å². The normalized spacial score (nSPS) is 12.8. The average molecular weight is 1750 g/mol. The van der Waals surface area contributed by atoms with Gasteiger partial charge in [0.2, 0.25) is 0 Å². The minimum Gasteiger partial charge on any atom is -0.546 e. The standard InChI is InChI=1S/C18H11Cl4S.C16H32O2.C14H12O3.C8H3BF6.C7H8O3S.C6BF5.2F6P/c19-12-6-13(20)9-17(8-12)23(16-4-2-1-3-5-16)18-10-14(21)7-15(22)11-18;1-2-3-4-5-6-7-8-9-10-11-12-13-14-15-16(17)18;15-13(16)14(17,11-7-3-1-4-8-11)12-9-5-2-6-10-12;9-6-2-4(7(10,11)12)1-5(3-6)8(13,14)15;1-6-2-4-7(5-3-6)11(8,9)10;7-1-2(8)4(10)6(12)5(11)3(1)9;2*1-7(2,3,4,5)6/h1-11H;2-15H2,1H3,(H,17,18);1-10,17H,(H,15,16);1-3H;2-5H,1H3,(H,8,9,10);;;/q+1;;;;;;2*-1/p-3. The van der Waals surface area contributed by atoms with Gasteiger partial charge in [0.1, 0.15) is 25.8 Å². The van der Waals surface area contributed by atoms with Crippen molar-refractivity contribution in [3.8, 4) is 0 Å². The van der Waals surface area contributed by atoms with E-state index < -0.39 is 118 Å². The molecular weight excluding hydrogens is 1680 g/mol. The molecule has 0 aromatic heterocycles. The molecular formula is C69H63B2Cl4F23O8P2S2-4. The van der Waals surface area contributed by atoms with Crippen molar-refractivity contribution in [2.45, 2.75) is 141 Å². The number of hydrogen-bond acceptors (Lipinski definition) is 8. The molecule has 0 saturated carbocycles. The van der Waals surface area contributed by atoms with Gasteiger partial charge in [-0.25, -0.2) is 30.4 Å². The van der Waals surface area contributed by atoms with E-state index >= 15 is 0 Å². The fraction of sp³-hybridized carbons (Fsp3) is 0.275. The Hall–Kier alpha value is -6.54. The van der Waals surface area contributed by atoms with Crippen LogP contribution in [0.2, 0.25) is 20.1 Å². The van der Waals surface area contributed by atoms with E-state index in [0.717, 1.165) is 33.1 Å². The van der Waals surface area contributed by atoms with Crippen LogP contribution in [0, 0.1) is 36.0 Å². The number of unbranched alkanes of at least 4 members (excludes halogenated alkanes) is 12. The first-order valence-electron chi connectivity index (χ1n) is 31.4. The van der Waals surface area contributed by atoms with Crippen LogP contribution in [0.4, 0.5) is 98.7 Å². The number of alkyl halides is 6. The number of rotatable bonds is 21. The Kier molecular flexibility index (Phi) is 38.7. The molecule has 4 radical (unpaired) electrons. The van der Waals surface area contributed by atoms with Crippen LogP contribution in [0.1, 0.15) is 125 Å². The number of hydrogen-bond donors (Lipinski definition) is 1. The molecule has 8 aromatic carbocycles. The van der Waals surface area contributed by atoms with Gasteiger partial charge >= 0.3 is 78.3 Å². The first kappa shape index (κ1) is 101. The summed E-state index contributed by atoms with van der Waals surface area (Å²) in [6, 6.07) is 44.5. The van der Waals surface area contributed by atoms with Crippen molar-refractivity contribution in [3.63, 3.8) is 0 Å². The molecule has 1 N–H and O–H groups in total. The largest absolute Gasteiger partial charge is 0.546 e. The van der Waals surface area contributed by atoms with Crippen LogP contribution in [0.15, 0.2) is 189 Å². The molecule has 8 rings (SSSR count). The van der Waals surface area contributed by atoms with Gasteiger partial charge in [-0.2, -0.15) is 26.3 Å². The van der Waals surface area contributed by atoms with E-state index in [1.165, 1.54) is 82.8 Å². The van der Waals surface area contributed by atoms with Crippen molar-refractivity contribution in [1.82, 2.24) is 0 Å². The van der Waals surface area contributed by atoms with Crippen molar-refractivity contribution >= 4 is 122 Å². The van der Waals surface area contributed by atoms with Gasteiger partial charge in [0, 0.05) is 50.3 Å². The van der Waals surface area contributed by atoms with Gasteiger partial charge in [-0.15, -0.1) is 0 Å². The molecule has 8 aromatic rings. The van der Waals surface area contributed by atoms with Gasteiger partial charge in [-0.1, -0.05) is 245 Å². The molecule has 0 fully saturated rings. The number of aliphatic hydroxyl groups is 1. The van der Waals surface area contributed by atoms with Crippen LogP contribution < -0.4 is 21.1 Å². The van der Waals surface area contributed by atoms with E-state index in [4.69, 9.17) is 54.3 Å². The summed E-state index contributed by atoms with van der Waals surface area (Å²) in [5.74, 6) is -12.7. The number of aryl methyl sites for hydroxylation is 1. The smallest absolute Gasteiger partial charge is 0.416 e. The van der Waals surface area contributed by atoms with E-state index in [-0.39, 0.29) is 28.5 Å². The molecule has 0 aliphatic carbocycles. The first-order chi connectivity index (χ1) is 49.9. The first-order valence-corrected chi connectivity index (χ1v) is 39.6. The molecule has 0 bridgehead atoms. The number of benzene rings is 8. The van der Waals surface area contributed by atoms with Crippen LogP contribution in [0.3, 0.4) is 0 Å². The Morgan fingerprint density at radius 3 is 1.01 bits per heavy atom. The minimum atomic E-state index is -10.7. The summed E-state index contributed by atoms with van der Waals surface area (Å²) >= 11 is 24.8. The zero-order chi connectivity index (χ0) is 84.8. The molecule has 41 heteroatoms. The summed E-state index contributed by atoms with van der Waals surface area (Å²) in [5, 5.41) is 34.2. The second kappa shape index (κ2) is 42.0. The number of carboxylic acid groups (broad SMARTS) is 2. The molecule has 0 heterocycles. The van der Waals surface area contributed by atoms with Crippen molar-refractivity contribution < 1.29 is 137 Å². The quantitative estimate of drug-likeness (QED) is 0.0109. The molecule has 0 atom stereocenters. The third-order valence-corrected chi connectivity index (χ3v) is 17.3. The third kappa shape index (κ3) is 45.2. The Labute approximate surface area is 642 Å². The fourth-order valence-electron chi connectivity index (χ4n) is 8.61. The Morgan fingerprint density at radius 2 is 0.727 bits per heavy atom. The van der Waals surface area contributed by atoms with E-state index in [1.807, 2.05) is 49.4 Å². The van der Waals surface area contributed by atoms with Crippen molar-refractivity contribution in [1.29, 1.82) is 0 Å². The predicted octanol–water partition coefficient (Wildman–Crippen LogP) is 23.6. The number of carbonyl (C=O) groups is 2. The van der Waals surface area contributed by atoms with E-state index in [2.05, 4.69) is 26.9 Å². The van der Waals surface area contributed by atoms with Crippen LogP contribution in [-0.2, 0) is 48.6 Å². The topological polar surface area (TPSA) is 158 Å². The molecule has 110 heavy (non-hydrogen) atoms. The van der Waals surface area contributed by atoms with Crippen LogP contribution in [-0.4, -0.2) is 45.7 Å². The van der Waals surface area contributed by atoms with Gasteiger partial charge in [-0.3, -0.25) is 0 Å². The Bertz CT molecular complexity index is 4030. The molecule has 0 spiro atoms. The summed E-state index contributed by atoms with van der Waals surface area (Å²) in [6.07, 6.45) is 7.26. The van der Waals surface area contributed by atoms with E-state index in [0.29, 0.717) is 32.2 Å². The van der Waals surface area contributed by atoms with Gasteiger partial charge in [0.05, 0.1) is 32.9 Å². The third-order valence-electron chi connectivity index (χ3n) is 13.4. The van der Waals surface area contributed by atoms with Crippen LogP contribution in [0.5, 0.6) is 0 Å². The van der Waals surface area contributed by atoms with Crippen molar-refractivity contribution in [3.05, 3.63) is 247 Å². The Balaban J connectivity index is 0.000000646. The summed E-state index contributed by atoms with van der Waals surface area (Å²) < 4.78 is 283. The zero-order valence-corrected chi connectivity index (χ0v) is 63.4. The van der Waals surface area contributed by atoms with E-state index in [9.17, 15) is 137 Å². The SMILES string of the molecule is CCCCCCCCCCCCCCCC(=O)[O-].Cc1ccc(S(=O)(=O)[O-])cc1.Clc1cc(Cl)cc([S+](c2ccccc2)c2cc(Cl)cc(Cl)c2)c1.F[P-](F)(F)(F)(F)F.F[P-](F)(F)(F)(F)F.O=C([O-])C(O)(c1ccccc1)c1ccccc1.[B]c1c(F)c(F)c(F)c(F)c1F.[B]c1cc(C(F)(F)F)cc(C(F)(F)F)c1. The number of carbonyl (C=O) groups excluding carboxylic acids is 2. The second-order valence-electron chi connectivity index (χ2n) is 22.9. The fourth-order valence-corrected chi connectivity index (χ4v) is 12.6. The summed E-state index contributed by atoms with van der Waals surface area (Å²) in [5.41, 5.74) is -5.37. The minimum absolute atomic E-state index is 0.0242. The average Bonchev–Trinajstić information content (AvgIpc) is 0.802. The molecule has 0 unspecified atom stereocenters. The number of carboxylic acids is 2. The van der Waals surface area contributed by atoms with Gasteiger partial charge in [0.15, 0.2) is 49.4 Å². The maximum atomic E-state index is 12.3. The maximum absolute atomic E-state index is 12.3. The summed E-state index contributed by atoms with van der Waals surface area (Å²) in [7, 11) is -16.5. The van der Waals surface area contributed by atoms with Gasteiger partial charge in [0.25, 0.3) is 0 Å². The molecule has 608 valence electrons. The van der Waals surface area contributed by atoms with Crippen LogP contribution >= 0.6 is 62.0 Å². The maximum Gasteiger partial charge on any atom is 0.416 e. The zero-order valence-electron chi connectivity index (χ0n) is 56.9. The second-order valence-corrected chi connectivity index (χ2v) is 31.9. The van der Waals surface area contributed by atoms with Crippen molar-refractivity contribution in [2.75, 3.05) is 0 Å². The monoisotopic (exact) mass is 1740 g/mol. The summed E-state index contributed by atoms with van der Waals surface area (Å²) in [4.78, 5) is 24.5. The number of halogens is 27. The Morgan fingerprint density at radius 1 is 0.436 bits per heavy atom.